The van der Waals surface area contributed by atoms with Crippen LogP contribution in [0.25, 0.3) is 0 Å². The van der Waals surface area contributed by atoms with Crippen LogP contribution in [0.2, 0.25) is 0 Å². The molecule has 1 aromatic heterocycles. The van der Waals surface area contributed by atoms with Gasteiger partial charge in [0, 0.05) is 25.7 Å². The molecular weight excluding hydrogens is 328 g/mol. The molecule has 20 heavy (non-hydrogen) atoms. The number of hydrogen-bond donors (Lipinski definition) is 0. The molecule has 2 atom stereocenters. The van der Waals surface area contributed by atoms with E-state index in [9.17, 15) is 10.1 Å². The summed E-state index contributed by atoms with van der Waals surface area (Å²) in [6, 6.07) is 1.85. The minimum absolute atomic E-state index is 0.00870. The molecule has 3 heterocycles. The number of aromatic nitrogens is 1. The smallest absolute Gasteiger partial charge is 0.288 e. The van der Waals surface area contributed by atoms with Crippen molar-refractivity contribution in [3.63, 3.8) is 0 Å². The van der Waals surface area contributed by atoms with E-state index in [1.54, 1.807) is 0 Å². The maximum atomic E-state index is 10.7. The number of rotatable bonds is 2. The molecule has 2 aliphatic rings. The van der Waals surface area contributed by atoms with Crippen LogP contribution in [0.1, 0.15) is 0 Å². The molecule has 2 unspecified atom stereocenters. The van der Waals surface area contributed by atoms with Crippen molar-refractivity contribution in [3.8, 4) is 0 Å². The number of hydrogen-bond acceptors (Lipinski definition) is 6. The summed E-state index contributed by atoms with van der Waals surface area (Å²) in [7, 11) is 2.10. The van der Waals surface area contributed by atoms with Gasteiger partial charge in [-0.2, -0.15) is 0 Å². The second-order valence-electron chi connectivity index (χ2n) is 5.12. The van der Waals surface area contributed by atoms with E-state index in [1.165, 1.54) is 12.3 Å². The van der Waals surface area contributed by atoms with Gasteiger partial charge in [-0.3, -0.25) is 15.0 Å². The Kier molecular flexibility index (Phi) is 3.61. The Hall–Kier alpha value is -1.25. The molecule has 108 valence electrons. The lowest BCUT2D eigenvalue weighted by Crippen LogP contribution is -2.48. The van der Waals surface area contributed by atoms with Gasteiger partial charge < -0.3 is 9.64 Å². The number of anilines is 1. The lowest BCUT2D eigenvalue weighted by Gasteiger charge is -2.33. The number of morpholine rings is 1. The predicted octanol–water partition coefficient (Wildman–Crippen LogP) is 1.27. The molecule has 0 saturated carbocycles. The SMILES string of the molecule is CN1CCOC2CN(c3ncc([N+](=O)[O-])cc3Br)CC21. The molecule has 1 aromatic rings. The summed E-state index contributed by atoms with van der Waals surface area (Å²) in [5.41, 5.74) is -0.00870. The van der Waals surface area contributed by atoms with Crippen LogP contribution in [0.3, 0.4) is 0 Å². The van der Waals surface area contributed by atoms with Gasteiger partial charge in [-0.15, -0.1) is 0 Å². The molecule has 0 amide bonds. The molecule has 3 rings (SSSR count). The first-order chi connectivity index (χ1) is 9.56. The molecule has 0 aliphatic carbocycles. The van der Waals surface area contributed by atoms with Crippen LogP contribution >= 0.6 is 15.9 Å². The lowest BCUT2D eigenvalue weighted by molar-refractivity contribution is -0.385. The summed E-state index contributed by atoms with van der Waals surface area (Å²) in [6.07, 6.45) is 1.48. The van der Waals surface area contributed by atoms with Gasteiger partial charge in [0.15, 0.2) is 0 Å². The van der Waals surface area contributed by atoms with Crippen molar-refractivity contribution in [1.29, 1.82) is 0 Å². The number of likely N-dealkylation sites (N-methyl/N-ethyl adjacent to an activating group) is 1. The van der Waals surface area contributed by atoms with E-state index >= 15 is 0 Å². The van der Waals surface area contributed by atoms with Crippen molar-refractivity contribution in [2.24, 2.45) is 0 Å². The molecule has 2 saturated heterocycles. The topological polar surface area (TPSA) is 71.7 Å². The Morgan fingerprint density at radius 1 is 1.55 bits per heavy atom. The molecule has 0 aromatic carbocycles. The van der Waals surface area contributed by atoms with E-state index in [4.69, 9.17) is 4.74 Å². The van der Waals surface area contributed by atoms with Crippen molar-refractivity contribution in [3.05, 3.63) is 26.9 Å². The molecule has 0 radical (unpaired) electrons. The molecular formula is C12H15BrN4O3. The summed E-state index contributed by atoms with van der Waals surface area (Å²) < 4.78 is 6.44. The zero-order valence-electron chi connectivity index (χ0n) is 11.0. The van der Waals surface area contributed by atoms with E-state index in [0.717, 1.165) is 32.1 Å². The Labute approximate surface area is 124 Å². The lowest BCUT2D eigenvalue weighted by atomic mass is 10.1. The summed E-state index contributed by atoms with van der Waals surface area (Å²) >= 11 is 3.38. The molecule has 8 heteroatoms. The first-order valence-electron chi connectivity index (χ1n) is 6.43. The average molecular weight is 343 g/mol. The second kappa shape index (κ2) is 5.27. The normalized spacial score (nSPS) is 26.6. The summed E-state index contributed by atoms with van der Waals surface area (Å²) in [4.78, 5) is 18.9. The van der Waals surface area contributed by atoms with E-state index < -0.39 is 4.92 Å². The molecule has 0 bridgehead atoms. The van der Waals surface area contributed by atoms with Gasteiger partial charge in [-0.05, 0) is 23.0 Å². The number of fused-ring (bicyclic) bond motifs is 1. The number of pyridine rings is 1. The van der Waals surface area contributed by atoms with E-state index in [2.05, 4.69) is 37.8 Å². The fourth-order valence-electron chi connectivity index (χ4n) is 2.78. The fourth-order valence-corrected chi connectivity index (χ4v) is 3.37. The van der Waals surface area contributed by atoms with Crippen LogP contribution in [0.4, 0.5) is 11.5 Å². The van der Waals surface area contributed by atoms with Gasteiger partial charge in [-0.1, -0.05) is 0 Å². The number of halogens is 1. The van der Waals surface area contributed by atoms with Crippen LogP contribution in [0, 0.1) is 10.1 Å². The summed E-state index contributed by atoms with van der Waals surface area (Å²) in [5, 5.41) is 10.7. The van der Waals surface area contributed by atoms with Gasteiger partial charge >= 0.3 is 0 Å². The summed E-state index contributed by atoms with van der Waals surface area (Å²) in [6.45, 7) is 3.27. The highest BCUT2D eigenvalue weighted by atomic mass is 79.9. The predicted molar refractivity (Wildman–Crippen MR) is 77.0 cm³/mol. The van der Waals surface area contributed by atoms with Crippen molar-refractivity contribution in [1.82, 2.24) is 9.88 Å². The highest BCUT2D eigenvalue weighted by molar-refractivity contribution is 9.10. The minimum Gasteiger partial charge on any atom is -0.373 e. The zero-order chi connectivity index (χ0) is 14.3. The molecule has 0 N–H and O–H groups in total. The third-order valence-electron chi connectivity index (χ3n) is 3.90. The Morgan fingerprint density at radius 3 is 3.00 bits per heavy atom. The van der Waals surface area contributed by atoms with Crippen molar-refractivity contribution < 1.29 is 9.66 Å². The highest BCUT2D eigenvalue weighted by Gasteiger charge is 2.39. The Balaban J connectivity index is 1.82. The van der Waals surface area contributed by atoms with Gasteiger partial charge in [0.05, 0.1) is 28.1 Å². The number of ether oxygens (including phenoxy) is 1. The zero-order valence-corrected chi connectivity index (χ0v) is 12.6. The minimum atomic E-state index is -0.442. The third kappa shape index (κ3) is 2.38. The molecule has 2 fully saturated rings. The Bertz CT molecular complexity index is 541. The summed E-state index contributed by atoms with van der Waals surface area (Å²) in [5.74, 6) is 0.738. The van der Waals surface area contributed by atoms with Crippen LogP contribution in [-0.4, -0.2) is 60.2 Å². The largest absolute Gasteiger partial charge is 0.373 e. The third-order valence-corrected chi connectivity index (χ3v) is 4.48. The number of nitrogens with zero attached hydrogens (tertiary/aromatic N) is 4. The quantitative estimate of drug-likeness (QED) is 0.595. The average Bonchev–Trinajstić information content (AvgIpc) is 2.83. The van der Waals surface area contributed by atoms with E-state index in [0.29, 0.717) is 10.5 Å². The van der Waals surface area contributed by atoms with Gasteiger partial charge in [0.1, 0.15) is 12.0 Å². The first kappa shape index (κ1) is 13.7. The van der Waals surface area contributed by atoms with Crippen LogP contribution in [0.15, 0.2) is 16.7 Å². The van der Waals surface area contributed by atoms with Crippen molar-refractivity contribution >= 4 is 27.4 Å². The maximum Gasteiger partial charge on any atom is 0.288 e. The Morgan fingerprint density at radius 2 is 2.35 bits per heavy atom. The molecule has 2 aliphatic heterocycles. The molecule has 0 spiro atoms. The van der Waals surface area contributed by atoms with Crippen molar-refractivity contribution in [2.45, 2.75) is 12.1 Å². The van der Waals surface area contributed by atoms with Crippen LogP contribution in [-0.2, 0) is 4.74 Å². The first-order valence-corrected chi connectivity index (χ1v) is 7.22. The molecule has 7 nitrogen and oxygen atoms in total. The number of nitro groups is 1. The second-order valence-corrected chi connectivity index (χ2v) is 5.97. The standard InChI is InChI=1S/C12H15BrN4O3/c1-15-2-3-20-11-7-16(6-10(11)15)12-9(13)4-8(5-14-12)17(18)19/h4-5,10-11H,2-3,6-7H2,1H3. The highest BCUT2D eigenvalue weighted by Crippen LogP contribution is 2.32. The fraction of sp³-hybridized carbons (Fsp3) is 0.583. The van der Waals surface area contributed by atoms with Gasteiger partial charge in [0.2, 0.25) is 0 Å². The maximum absolute atomic E-state index is 10.7. The van der Waals surface area contributed by atoms with Gasteiger partial charge in [0.25, 0.3) is 5.69 Å². The van der Waals surface area contributed by atoms with Crippen LogP contribution < -0.4 is 4.90 Å². The monoisotopic (exact) mass is 342 g/mol. The van der Waals surface area contributed by atoms with Crippen LogP contribution in [0.5, 0.6) is 0 Å². The van der Waals surface area contributed by atoms with Gasteiger partial charge in [-0.25, -0.2) is 4.98 Å². The van der Waals surface area contributed by atoms with E-state index in [-0.39, 0.29) is 11.8 Å². The van der Waals surface area contributed by atoms with E-state index in [1.807, 2.05) is 0 Å². The van der Waals surface area contributed by atoms with Crippen molar-refractivity contribution in [2.75, 3.05) is 38.2 Å².